The molecule has 31 heavy (non-hydrogen) atoms. The molecule has 4 rings (SSSR count). The van der Waals surface area contributed by atoms with Crippen LogP contribution in [0.2, 0.25) is 0 Å². The van der Waals surface area contributed by atoms with Crippen molar-refractivity contribution in [3.05, 3.63) is 82.7 Å². The molecule has 0 unspecified atom stereocenters. The van der Waals surface area contributed by atoms with Crippen LogP contribution in [0.15, 0.2) is 59.8 Å². The SMILES string of the molecule is Nc1ncnc2c1c(=O)ccn2-c1ccc(NC(=O)Nc2ccc(F)c(F)c2F)cc1. The number of rotatable bonds is 3. The van der Waals surface area contributed by atoms with Crippen molar-refractivity contribution in [3.63, 3.8) is 0 Å². The number of amides is 2. The number of fused-ring (bicyclic) bond motifs is 1. The first-order valence-electron chi connectivity index (χ1n) is 8.79. The first-order chi connectivity index (χ1) is 14.8. The van der Waals surface area contributed by atoms with E-state index >= 15 is 0 Å². The molecule has 0 bridgehead atoms. The molecule has 8 nitrogen and oxygen atoms in total. The van der Waals surface area contributed by atoms with Crippen LogP contribution in [0.1, 0.15) is 0 Å². The third kappa shape index (κ3) is 3.75. The number of hydrogen-bond donors (Lipinski definition) is 3. The van der Waals surface area contributed by atoms with Gasteiger partial charge < -0.3 is 20.9 Å². The number of nitrogens with one attached hydrogen (secondary N) is 2. The number of aromatic nitrogens is 3. The predicted octanol–water partition coefficient (Wildman–Crippen LogP) is 3.42. The van der Waals surface area contributed by atoms with Crippen LogP contribution >= 0.6 is 0 Å². The third-order valence-corrected chi connectivity index (χ3v) is 4.39. The number of pyridine rings is 1. The van der Waals surface area contributed by atoms with Gasteiger partial charge in [-0.1, -0.05) is 0 Å². The summed E-state index contributed by atoms with van der Waals surface area (Å²) < 4.78 is 41.6. The van der Waals surface area contributed by atoms with Crippen LogP contribution in [0.3, 0.4) is 0 Å². The maximum Gasteiger partial charge on any atom is 0.323 e. The minimum atomic E-state index is -1.68. The van der Waals surface area contributed by atoms with Crippen LogP contribution in [0.25, 0.3) is 16.7 Å². The van der Waals surface area contributed by atoms with Gasteiger partial charge in [0, 0.05) is 23.6 Å². The van der Waals surface area contributed by atoms with Crippen LogP contribution in [0.5, 0.6) is 0 Å². The van der Waals surface area contributed by atoms with E-state index in [0.29, 0.717) is 23.1 Å². The molecule has 0 radical (unpaired) electrons. The molecule has 0 aliphatic carbocycles. The summed E-state index contributed by atoms with van der Waals surface area (Å²) in [5.41, 5.74) is 6.22. The number of carbonyl (C=O) groups is 1. The summed E-state index contributed by atoms with van der Waals surface area (Å²) in [6.45, 7) is 0. The van der Waals surface area contributed by atoms with Gasteiger partial charge in [0.2, 0.25) is 0 Å². The zero-order chi connectivity index (χ0) is 22.1. The van der Waals surface area contributed by atoms with E-state index in [4.69, 9.17) is 5.73 Å². The average molecular weight is 426 g/mol. The lowest BCUT2D eigenvalue weighted by molar-refractivity contribution is 0.262. The lowest BCUT2D eigenvalue weighted by Gasteiger charge is -2.12. The molecular formula is C20H13F3N6O2. The number of carbonyl (C=O) groups excluding carboxylic acids is 1. The van der Waals surface area contributed by atoms with Gasteiger partial charge in [-0.15, -0.1) is 0 Å². The molecule has 0 aliphatic rings. The molecule has 4 aromatic rings. The van der Waals surface area contributed by atoms with Gasteiger partial charge in [0.15, 0.2) is 28.5 Å². The van der Waals surface area contributed by atoms with Gasteiger partial charge in [0.25, 0.3) is 0 Å². The number of nitrogen functional groups attached to an aromatic ring is 1. The van der Waals surface area contributed by atoms with Crippen molar-refractivity contribution >= 4 is 34.3 Å². The molecule has 156 valence electrons. The number of hydrogen-bond acceptors (Lipinski definition) is 5. The van der Waals surface area contributed by atoms with Crippen molar-refractivity contribution < 1.29 is 18.0 Å². The number of halogens is 3. The monoisotopic (exact) mass is 426 g/mol. The summed E-state index contributed by atoms with van der Waals surface area (Å²) in [6.07, 6.45) is 2.77. The number of anilines is 3. The molecule has 2 heterocycles. The highest BCUT2D eigenvalue weighted by molar-refractivity contribution is 5.99. The zero-order valence-electron chi connectivity index (χ0n) is 15.6. The second kappa shape index (κ2) is 7.78. The zero-order valence-corrected chi connectivity index (χ0v) is 15.6. The lowest BCUT2D eigenvalue weighted by Crippen LogP contribution is -2.20. The van der Waals surface area contributed by atoms with Crippen molar-refractivity contribution in [2.45, 2.75) is 0 Å². The maximum atomic E-state index is 13.7. The molecule has 2 aromatic carbocycles. The Morgan fingerprint density at radius 3 is 2.42 bits per heavy atom. The largest absolute Gasteiger partial charge is 0.383 e. The number of nitrogens with zero attached hydrogens (tertiary/aromatic N) is 3. The fourth-order valence-corrected chi connectivity index (χ4v) is 2.93. The fraction of sp³-hybridized carbons (Fsp3) is 0. The van der Waals surface area contributed by atoms with Crippen LogP contribution in [-0.2, 0) is 0 Å². The molecule has 0 spiro atoms. The van der Waals surface area contributed by atoms with E-state index in [1.807, 2.05) is 0 Å². The summed E-state index contributed by atoms with van der Waals surface area (Å²) in [5.74, 6) is -4.48. The highest BCUT2D eigenvalue weighted by Gasteiger charge is 2.15. The topological polar surface area (TPSA) is 115 Å². The standard InChI is InChI=1S/C20H13F3N6O2/c21-12-5-6-13(17(23)16(12)22)28-20(31)27-10-1-3-11(4-2-10)29-8-7-14(30)15-18(24)25-9-26-19(15)29/h1-9H,(H2,24,25,26)(H2,27,28,31). The normalized spacial score (nSPS) is 10.8. The van der Waals surface area contributed by atoms with E-state index in [2.05, 4.69) is 20.6 Å². The first-order valence-corrected chi connectivity index (χ1v) is 8.79. The van der Waals surface area contributed by atoms with Crippen molar-refractivity contribution in [1.29, 1.82) is 0 Å². The molecule has 4 N–H and O–H groups in total. The van der Waals surface area contributed by atoms with E-state index in [1.165, 1.54) is 18.6 Å². The number of nitrogens with two attached hydrogens (primary N) is 1. The predicted molar refractivity (Wildman–Crippen MR) is 109 cm³/mol. The fourth-order valence-electron chi connectivity index (χ4n) is 2.93. The lowest BCUT2D eigenvalue weighted by atomic mass is 10.2. The van der Waals surface area contributed by atoms with Gasteiger partial charge in [-0.3, -0.25) is 4.79 Å². The summed E-state index contributed by atoms with van der Waals surface area (Å²) in [7, 11) is 0. The average Bonchev–Trinajstić information content (AvgIpc) is 2.75. The summed E-state index contributed by atoms with van der Waals surface area (Å²) >= 11 is 0. The van der Waals surface area contributed by atoms with Crippen molar-refractivity contribution in [2.75, 3.05) is 16.4 Å². The smallest absolute Gasteiger partial charge is 0.323 e. The van der Waals surface area contributed by atoms with Crippen molar-refractivity contribution in [1.82, 2.24) is 14.5 Å². The second-order valence-corrected chi connectivity index (χ2v) is 6.36. The minimum Gasteiger partial charge on any atom is -0.383 e. The van der Waals surface area contributed by atoms with Gasteiger partial charge in [-0.25, -0.2) is 27.9 Å². The molecule has 11 heteroatoms. The minimum absolute atomic E-state index is 0.0590. The summed E-state index contributed by atoms with van der Waals surface area (Å²) in [5, 5.41) is 4.74. The first kappa shape index (κ1) is 19.9. The van der Waals surface area contributed by atoms with Gasteiger partial charge >= 0.3 is 6.03 Å². The van der Waals surface area contributed by atoms with Gasteiger partial charge in [-0.2, -0.15) is 0 Å². The van der Waals surface area contributed by atoms with Gasteiger partial charge in [0.1, 0.15) is 17.5 Å². The molecule has 0 atom stereocenters. The Morgan fingerprint density at radius 2 is 1.68 bits per heavy atom. The van der Waals surface area contributed by atoms with Crippen LogP contribution in [-0.4, -0.2) is 20.6 Å². The molecule has 2 amide bonds. The maximum absolute atomic E-state index is 13.7. The van der Waals surface area contributed by atoms with Gasteiger partial charge in [0.05, 0.1) is 5.69 Å². The molecule has 0 saturated carbocycles. The van der Waals surface area contributed by atoms with Crippen molar-refractivity contribution in [3.8, 4) is 5.69 Å². The van der Waals surface area contributed by atoms with E-state index in [9.17, 15) is 22.8 Å². The van der Waals surface area contributed by atoms with E-state index in [-0.39, 0.29) is 16.6 Å². The van der Waals surface area contributed by atoms with E-state index < -0.39 is 29.2 Å². The number of benzene rings is 2. The van der Waals surface area contributed by atoms with Crippen LogP contribution in [0, 0.1) is 17.5 Å². The van der Waals surface area contributed by atoms with Gasteiger partial charge in [-0.05, 0) is 36.4 Å². The highest BCUT2D eigenvalue weighted by Crippen LogP contribution is 2.21. The quantitative estimate of drug-likeness (QED) is 0.434. The highest BCUT2D eigenvalue weighted by atomic mass is 19.2. The summed E-state index contributed by atoms with van der Waals surface area (Å²) in [6, 6.07) is 8.45. The Bertz CT molecular complexity index is 1370. The Kier molecular flexibility index (Phi) is 4.99. The Labute approximate surface area is 172 Å². The Morgan fingerprint density at radius 1 is 0.935 bits per heavy atom. The van der Waals surface area contributed by atoms with Crippen LogP contribution in [0.4, 0.5) is 35.2 Å². The second-order valence-electron chi connectivity index (χ2n) is 6.36. The Hall–Kier alpha value is -4.41. The van der Waals surface area contributed by atoms with Crippen molar-refractivity contribution in [2.24, 2.45) is 0 Å². The summed E-state index contributed by atoms with van der Waals surface area (Å²) in [4.78, 5) is 32.1. The molecule has 0 fully saturated rings. The van der Waals surface area contributed by atoms with Crippen LogP contribution < -0.4 is 21.8 Å². The molecule has 0 aliphatic heterocycles. The molecule has 2 aromatic heterocycles. The van der Waals surface area contributed by atoms with E-state index in [1.54, 1.807) is 28.8 Å². The Balaban J connectivity index is 1.56. The number of urea groups is 1. The molecule has 0 saturated heterocycles. The third-order valence-electron chi connectivity index (χ3n) is 4.39. The van der Waals surface area contributed by atoms with E-state index in [0.717, 1.165) is 6.07 Å². The molecular weight excluding hydrogens is 413 g/mol.